The standard InChI is InChI=1S/C30H31N5O6/c1-37-21-11-10-17(14-22(21)38-2)12-13-32-30(36)25-26-29(34-20-9-7-6-8-19(20)33-26)35(28(25)31)18-15-23(39-3)27(41-5)24(16-18)40-4/h6-11,14-16H,12-13,31H2,1-5H3,(H,32,36). The fourth-order valence-electron chi connectivity index (χ4n) is 4.79. The Balaban J connectivity index is 1.57. The number of hydrogen-bond acceptors (Lipinski definition) is 9. The molecule has 0 unspecified atom stereocenters. The van der Waals surface area contributed by atoms with Gasteiger partial charge in [0.25, 0.3) is 5.91 Å². The topological polar surface area (TPSA) is 132 Å². The molecule has 3 N–H and O–H groups in total. The molecule has 5 rings (SSSR count). The number of ether oxygens (including phenoxy) is 5. The van der Waals surface area contributed by atoms with Crippen molar-refractivity contribution in [1.82, 2.24) is 19.9 Å². The average Bonchev–Trinajstić information content (AvgIpc) is 3.29. The summed E-state index contributed by atoms with van der Waals surface area (Å²) >= 11 is 0. The van der Waals surface area contributed by atoms with Crippen LogP contribution in [0.3, 0.4) is 0 Å². The summed E-state index contributed by atoms with van der Waals surface area (Å²) < 4.78 is 29.0. The summed E-state index contributed by atoms with van der Waals surface area (Å²) in [5.41, 5.74) is 10.5. The molecule has 0 saturated carbocycles. The zero-order valence-electron chi connectivity index (χ0n) is 23.5. The Morgan fingerprint density at radius 2 is 1.44 bits per heavy atom. The second kappa shape index (κ2) is 11.5. The molecule has 0 fully saturated rings. The van der Waals surface area contributed by atoms with E-state index in [9.17, 15) is 4.79 Å². The molecule has 0 radical (unpaired) electrons. The molecular weight excluding hydrogens is 526 g/mol. The molecule has 0 bridgehead atoms. The van der Waals surface area contributed by atoms with Crippen LogP contribution in [0.5, 0.6) is 28.7 Å². The van der Waals surface area contributed by atoms with Gasteiger partial charge in [-0.2, -0.15) is 0 Å². The quantitative estimate of drug-likeness (QED) is 0.260. The Labute approximate surface area is 236 Å². The predicted molar refractivity (Wildman–Crippen MR) is 156 cm³/mol. The van der Waals surface area contributed by atoms with Gasteiger partial charge in [-0.1, -0.05) is 18.2 Å². The van der Waals surface area contributed by atoms with E-state index < -0.39 is 0 Å². The van der Waals surface area contributed by atoms with Crippen LogP contribution in [0.4, 0.5) is 5.82 Å². The first-order chi connectivity index (χ1) is 19.9. The Bertz CT molecular complexity index is 1720. The first-order valence-corrected chi connectivity index (χ1v) is 12.8. The smallest absolute Gasteiger partial charge is 0.257 e. The van der Waals surface area contributed by atoms with Gasteiger partial charge in [0.2, 0.25) is 5.75 Å². The molecule has 3 aromatic carbocycles. The number of carbonyl (C=O) groups is 1. The molecule has 5 aromatic rings. The minimum atomic E-state index is -0.372. The summed E-state index contributed by atoms with van der Waals surface area (Å²) in [5, 5.41) is 2.98. The van der Waals surface area contributed by atoms with Crippen molar-refractivity contribution < 1.29 is 28.5 Å². The second-order valence-electron chi connectivity index (χ2n) is 9.06. The number of benzene rings is 3. The number of carbonyl (C=O) groups excluding carboxylic acids is 1. The maximum absolute atomic E-state index is 13.6. The van der Waals surface area contributed by atoms with Gasteiger partial charge < -0.3 is 34.7 Å². The summed E-state index contributed by atoms with van der Waals surface area (Å²) in [6.45, 7) is 0.353. The zero-order chi connectivity index (χ0) is 29.1. The number of nitrogens with zero attached hydrogens (tertiary/aromatic N) is 3. The molecule has 0 aliphatic heterocycles. The molecular formula is C30H31N5O6. The third kappa shape index (κ3) is 4.97. The van der Waals surface area contributed by atoms with Crippen molar-refractivity contribution in [3.8, 4) is 34.4 Å². The van der Waals surface area contributed by atoms with Crippen molar-refractivity contribution in [1.29, 1.82) is 0 Å². The van der Waals surface area contributed by atoms with E-state index in [1.807, 2.05) is 42.5 Å². The number of nitrogen functional groups attached to an aromatic ring is 1. The van der Waals surface area contributed by atoms with E-state index in [1.54, 1.807) is 30.9 Å². The molecule has 0 atom stereocenters. The molecule has 1 amide bonds. The van der Waals surface area contributed by atoms with Gasteiger partial charge in [-0.25, -0.2) is 9.97 Å². The number of nitrogens with two attached hydrogens (primary N) is 1. The average molecular weight is 558 g/mol. The van der Waals surface area contributed by atoms with Crippen LogP contribution in [0.25, 0.3) is 27.9 Å². The summed E-state index contributed by atoms with van der Waals surface area (Å²) in [5.74, 6) is 2.35. The van der Waals surface area contributed by atoms with Crippen LogP contribution in [0, 0.1) is 0 Å². The highest BCUT2D eigenvalue weighted by molar-refractivity contribution is 6.11. The fourth-order valence-corrected chi connectivity index (χ4v) is 4.79. The number of hydrogen-bond donors (Lipinski definition) is 2. The van der Waals surface area contributed by atoms with E-state index in [1.165, 1.54) is 21.3 Å². The van der Waals surface area contributed by atoms with Crippen LogP contribution in [0.2, 0.25) is 0 Å². The van der Waals surface area contributed by atoms with Crippen LogP contribution >= 0.6 is 0 Å². The van der Waals surface area contributed by atoms with Gasteiger partial charge in [-0.05, 0) is 36.2 Å². The normalized spacial score (nSPS) is 11.0. The lowest BCUT2D eigenvalue weighted by molar-refractivity contribution is 0.0956. The molecule has 212 valence electrons. The highest BCUT2D eigenvalue weighted by Gasteiger charge is 2.26. The van der Waals surface area contributed by atoms with E-state index in [4.69, 9.17) is 39.4 Å². The second-order valence-corrected chi connectivity index (χ2v) is 9.06. The van der Waals surface area contributed by atoms with Gasteiger partial charge in [0, 0.05) is 18.7 Å². The van der Waals surface area contributed by atoms with Crippen LogP contribution in [-0.2, 0) is 6.42 Å². The SMILES string of the molecule is COc1ccc(CCNC(=O)c2c(N)n(-c3cc(OC)c(OC)c(OC)c3)c3nc4ccccc4nc23)cc1OC. The van der Waals surface area contributed by atoms with Crippen molar-refractivity contribution in [2.24, 2.45) is 0 Å². The number of aromatic nitrogens is 3. The number of rotatable bonds is 10. The van der Waals surface area contributed by atoms with Gasteiger partial charge in [0.15, 0.2) is 28.6 Å². The molecule has 11 nitrogen and oxygen atoms in total. The molecule has 0 aliphatic rings. The molecule has 0 saturated heterocycles. The molecule has 11 heteroatoms. The molecule has 41 heavy (non-hydrogen) atoms. The number of fused-ring (bicyclic) bond motifs is 2. The number of anilines is 1. The summed E-state index contributed by atoms with van der Waals surface area (Å²) in [4.78, 5) is 23.3. The van der Waals surface area contributed by atoms with Crippen molar-refractivity contribution in [3.05, 3.63) is 65.7 Å². The summed E-state index contributed by atoms with van der Waals surface area (Å²) in [6, 6.07) is 16.6. The third-order valence-electron chi connectivity index (χ3n) is 6.78. The predicted octanol–water partition coefficient (Wildman–Crippen LogP) is 4.17. The van der Waals surface area contributed by atoms with Crippen LogP contribution in [-0.4, -0.2) is 62.5 Å². The fraction of sp³-hybridized carbons (Fsp3) is 0.233. The molecule has 0 spiro atoms. The highest BCUT2D eigenvalue weighted by atomic mass is 16.5. The number of amides is 1. The minimum absolute atomic E-state index is 0.174. The van der Waals surface area contributed by atoms with Gasteiger partial charge in [-0.15, -0.1) is 0 Å². The van der Waals surface area contributed by atoms with Crippen LogP contribution in [0.1, 0.15) is 15.9 Å². The Morgan fingerprint density at radius 1 is 0.805 bits per heavy atom. The lowest BCUT2D eigenvalue weighted by atomic mass is 10.1. The van der Waals surface area contributed by atoms with E-state index in [0.29, 0.717) is 69.6 Å². The van der Waals surface area contributed by atoms with Crippen LogP contribution in [0.15, 0.2) is 54.6 Å². The number of para-hydroxylation sites is 2. The van der Waals surface area contributed by atoms with Crippen molar-refractivity contribution >= 4 is 33.9 Å². The lowest BCUT2D eigenvalue weighted by Crippen LogP contribution is -2.26. The highest BCUT2D eigenvalue weighted by Crippen LogP contribution is 2.41. The number of methoxy groups -OCH3 is 5. The van der Waals surface area contributed by atoms with Crippen LogP contribution < -0.4 is 34.7 Å². The van der Waals surface area contributed by atoms with E-state index in [-0.39, 0.29) is 17.3 Å². The van der Waals surface area contributed by atoms with Crippen molar-refractivity contribution in [3.63, 3.8) is 0 Å². The molecule has 2 aromatic heterocycles. The zero-order valence-corrected chi connectivity index (χ0v) is 23.5. The van der Waals surface area contributed by atoms with Crippen molar-refractivity contribution in [2.45, 2.75) is 6.42 Å². The lowest BCUT2D eigenvalue weighted by Gasteiger charge is -2.16. The number of nitrogens with one attached hydrogen (secondary N) is 1. The molecule has 0 aliphatic carbocycles. The third-order valence-corrected chi connectivity index (χ3v) is 6.78. The Kier molecular flexibility index (Phi) is 7.68. The largest absolute Gasteiger partial charge is 0.493 e. The maximum Gasteiger partial charge on any atom is 0.257 e. The first kappa shape index (κ1) is 27.4. The minimum Gasteiger partial charge on any atom is -0.493 e. The van der Waals surface area contributed by atoms with E-state index >= 15 is 0 Å². The van der Waals surface area contributed by atoms with Gasteiger partial charge in [0.1, 0.15) is 16.9 Å². The van der Waals surface area contributed by atoms with E-state index in [0.717, 1.165) is 5.56 Å². The Morgan fingerprint density at radius 3 is 2.05 bits per heavy atom. The summed E-state index contributed by atoms with van der Waals surface area (Å²) in [6.07, 6.45) is 0.562. The first-order valence-electron chi connectivity index (χ1n) is 12.8. The Hall–Kier alpha value is -5.19. The maximum atomic E-state index is 13.6. The monoisotopic (exact) mass is 557 g/mol. The summed E-state index contributed by atoms with van der Waals surface area (Å²) in [7, 11) is 7.76. The molecule has 2 heterocycles. The van der Waals surface area contributed by atoms with E-state index in [2.05, 4.69) is 5.32 Å². The van der Waals surface area contributed by atoms with Crippen molar-refractivity contribution in [2.75, 3.05) is 47.8 Å². The van der Waals surface area contributed by atoms with Gasteiger partial charge in [0.05, 0.1) is 52.3 Å². The van der Waals surface area contributed by atoms with Gasteiger partial charge >= 0.3 is 0 Å². The van der Waals surface area contributed by atoms with Gasteiger partial charge in [-0.3, -0.25) is 9.36 Å².